The minimum absolute atomic E-state index is 0.168. The molecule has 0 radical (unpaired) electrons. The molecule has 8 nitrogen and oxygen atoms in total. The van der Waals surface area contributed by atoms with Gasteiger partial charge in [0.2, 0.25) is 5.91 Å². The summed E-state index contributed by atoms with van der Waals surface area (Å²) >= 11 is 0. The summed E-state index contributed by atoms with van der Waals surface area (Å²) in [5.41, 5.74) is -0.168. The molecule has 2 saturated heterocycles. The van der Waals surface area contributed by atoms with Gasteiger partial charge in [-0.1, -0.05) is 0 Å². The minimum Gasteiger partial charge on any atom is -0.377 e. The Kier molecular flexibility index (Phi) is 5.47. The molecule has 3 heterocycles. The van der Waals surface area contributed by atoms with Gasteiger partial charge in [0.15, 0.2) is 0 Å². The van der Waals surface area contributed by atoms with Gasteiger partial charge in [-0.15, -0.1) is 0 Å². The Labute approximate surface area is 141 Å². The molecule has 132 valence electrons. The first-order chi connectivity index (χ1) is 11.7. The number of H-pyrrole nitrogens is 1. The molecule has 1 aromatic heterocycles. The number of carbonyl (C=O) groups excluding carboxylic acids is 1. The number of anilines is 1. The monoisotopic (exact) mass is 335 g/mol. The maximum absolute atomic E-state index is 12.2. The third-order valence-corrected chi connectivity index (χ3v) is 4.57. The van der Waals surface area contributed by atoms with E-state index in [0.29, 0.717) is 18.2 Å². The van der Waals surface area contributed by atoms with Crippen molar-refractivity contribution in [1.82, 2.24) is 19.8 Å². The van der Waals surface area contributed by atoms with Crippen LogP contribution in [-0.4, -0.2) is 78.6 Å². The lowest BCUT2D eigenvalue weighted by Gasteiger charge is -2.35. The fraction of sp³-hybridized carbons (Fsp3) is 0.688. The second kappa shape index (κ2) is 7.76. The van der Waals surface area contributed by atoms with Gasteiger partial charge in [0.25, 0.3) is 5.56 Å². The number of rotatable bonds is 5. The van der Waals surface area contributed by atoms with Crippen LogP contribution in [0.2, 0.25) is 0 Å². The maximum Gasteiger partial charge on any atom is 0.253 e. The number of aromatic nitrogens is 2. The van der Waals surface area contributed by atoms with Crippen molar-refractivity contribution in [3.63, 3.8) is 0 Å². The Balaban J connectivity index is 1.55. The van der Waals surface area contributed by atoms with E-state index >= 15 is 0 Å². The van der Waals surface area contributed by atoms with E-state index in [0.717, 1.165) is 52.1 Å². The second-order valence-electron chi connectivity index (χ2n) is 6.33. The van der Waals surface area contributed by atoms with E-state index in [1.165, 1.54) is 6.07 Å². The summed E-state index contributed by atoms with van der Waals surface area (Å²) in [6.07, 6.45) is 2.25. The number of hydrogen-bond donors (Lipinski definition) is 1. The number of amides is 1. The highest BCUT2D eigenvalue weighted by Gasteiger charge is 2.24. The Morgan fingerprint density at radius 1 is 1.21 bits per heavy atom. The Morgan fingerprint density at radius 2 is 1.92 bits per heavy atom. The number of methoxy groups -OCH3 is 1. The Hall–Kier alpha value is -1.93. The van der Waals surface area contributed by atoms with E-state index in [9.17, 15) is 9.59 Å². The third-order valence-electron chi connectivity index (χ3n) is 4.57. The van der Waals surface area contributed by atoms with E-state index in [2.05, 4.69) is 19.8 Å². The van der Waals surface area contributed by atoms with Crippen LogP contribution in [-0.2, 0) is 16.1 Å². The smallest absolute Gasteiger partial charge is 0.253 e. The molecule has 1 N–H and O–H groups in total. The lowest BCUT2D eigenvalue weighted by atomic mass is 10.3. The van der Waals surface area contributed by atoms with Gasteiger partial charge in [-0.05, 0) is 12.8 Å². The molecule has 0 bridgehead atoms. The van der Waals surface area contributed by atoms with Crippen LogP contribution in [0.25, 0.3) is 0 Å². The third kappa shape index (κ3) is 4.12. The molecule has 0 atom stereocenters. The average molecular weight is 335 g/mol. The predicted octanol–water partition coefficient (Wildman–Crippen LogP) is -0.339. The molecular weight excluding hydrogens is 310 g/mol. The number of ether oxygens (including phenoxy) is 1. The molecule has 2 aliphatic rings. The maximum atomic E-state index is 12.2. The number of piperazine rings is 1. The number of aromatic amines is 1. The topological polar surface area (TPSA) is 81.8 Å². The fourth-order valence-electron chi connectivity index (χ4n) is 3.25. The van der Waals surface area contributed by atoms with Crippen molar-refractivity contribution >= 4 is 11.7 Å². The first kappa shape index (κ1) is 16.9. The number of nitrogens with zero attached hydrogens (tertiary/aromatic N) is 4. The van der Waals surface area contributed by atoms with Crippen LogP contribution in [0.15, 0.2) is 10.9 Å². The van der Waals surface area contributed by atoms with Crippen LogP contribution in [0.1, 0.15) is 18.7 Å². The average Bonchev–Trinajstić information content (AvgIpc) is 3.10. The van der Waals surface area contributed by atoms with E-state index in [-0.39, 0.29) is 18.1 Å². The molecule has 2 fully saturated rings. The zero-order valence-corrected chi connectivity index (χ0v) is 14.2. The van der Waals surface area contributed by atoms with Gasteiger partial charge >= 0.3 is 0 Å². The molecule has 1 amide bonds. The largest absolute Gasteiger partial charge is 0.377 e. The number of likely N-dealkylation sites (tertiary alicyclic amines) is 1. The van der Waals surface area contributed by atoms with E-state index in [1.807, 2.05) is 4.90 Å². The van der Waals surface area contributed by atoms with Crippen LogP contribution in [0, 0.1) is 0 Å². The van der Waals surface area contributed by atoms with E-state index in [4.69, 9.17) is 4.74 Å². The first-order valence-electron chi connectivity index (χ1n) is 8.50. The van der Waals surface area contributed by atoms with Crippen LogP contribution < -0.4 is 10.5 Å². The van der Waals surface area contributed by atoms with Gasteiger partial charge in [-0.2, -0.15) is 0 Å². The van der Waals surface area contributed by atoms with Gasteiger partial charge in [-0.25, -0.2) is 4.98 Å². The van der Waals surface area contributed by atoms with Crippen molar-refractivity contribution in [3.05, 3.63) is 22.2 Å². The van der Waals surface area contributed by atoms with Crippen molar-refractivity contribution < 1.29 is 9.53 Å². The van der Waals surface area contributed by atoms with Crippen LogP contribution in [0.5, 0.6) is 0 Å². The summed E-state index contributed by atoms with van der Waals surface area (Å²) in [5.74, 6) is 1.44. The van der Waals surface area contributed by atoms with Crippen molar-refractivity contribution in [2.45, 2.75) is 19.4 Å². The highest BCUT2D eigenvalue weighted by atomic mass is 16.5. The van der Waals surface area contributed by atoms with Crippen LogP contribution in [0.3, 0.4) is 0 Å². The molecule has 24 heavy (non-hydrogen) atoms. The zero-order chi connectivity index (χ0) is 16.9. The number of carbonyl (C=O) groups is 1. The van der Waals surface area contributed by atoms with Gasteiger partial charge in [0.1, 0.15) is 18.2 Å². The van der Waals surface area contributed by atoms with Crippen LogP contribution >= 0.6 is 0 Å². The summed E-state index contributed by atoms with van der Waals surface area (Å²) in [4.78, 5) is 37.3. The number of nitrogens with one attached hydrogen (secondary N) is 1. The highest BCUT2D eigenvalue weighted by Crippen LogP contribution is 2.13. The summed E-state index contributed by atoms with van der Waals surface area (Å²) in [6, 6.07) is 1.52. The molecule has 0 aliphatic carbocycles. The first-order valence-corrected chi connectivity index (χ1v) is 8.50. The lowest BCUT2D eigenvalue weighted by Crippen LogP contribution is -2.50. The lowest BCUT2D eigenvalue weighted by molar-refractivity contribution is -0.131. The van der Waals surface area contributed by atoms with Gasteiger partial charge in [0.05, 0.1) is 6.54 Å². The summed E-state index contributed by atoms with van der Waals surface area (Å²) in [6.45, 7) is 5.70. The van der Waals surface area contributed by atoms with E-state index in [1.54, 1.807) is 7.11 Å². The SMILES string of the molecule is COCc1nc(N2CCN(CC(=O)N3CCCC3)CC2)cc(=O)[nH]1. The predicted molar refractivity (Wildman–Crippen MR) is 90.0 cm³/mol. The molecule has 3 rings (SSSR count). The molecular formula is C16H25N5O3. The Bertz CT molecular complexity index is 618. The molecule has 2 aliphatic heterocycles. The fourth-order valence-corrected chi connectivity index (χ4v) is 3.25. The summed E-state index contributed by atoms with van der Waals surface area (Å²) in [7, 11) is 1.57. The molecule has 1 aromatic rings. The second-order valence-corrected chi connectivity index (χ2v) is 6.33. The molecule has 8 heteroatoms. The number of hydrogen-bond acceptors (Lipinski definition) is 6. The zero-order valence-electron chi connectivity index (χ0n) is 14.2. The molecule has 0 aromatic carbocycles. The van der Waals surface area contributed by atoms with E-state index < -0.39 is 0 Å². The van der Waals surface area contributed by atoms with Crippen molar-refractivity contribution in [3.8, 4) is 0 Å². The Morgan fingerprint density at radius 3 is 2.58 bits per heavy atom. The molecule has 0 spiro atoms. The van der Waals surface area contributed by atoms with Gasteiger partial charge < -0.3 is 19.5 Å². The normalized spacial score (nSPS) is 19.0. The minimum atomic E-state index is -0.168. The van der Waals surface area contributed by atoms with Gasteiger partial charge in [0, 0.05) is 52.4 Å². The summed E-state index contributed by atoms with van der Waals surface area (Å²) in [5, 5.41) is 0. The standard InChI is InChI=1S/C16H25N5O3/c1-24-12-13-17-14(10-15(22)18-13)20-8-6-19(7-9-20)11-16(23)21-4-2-3-5-21/h10H,2-9,11-12H2,1H3,(H,17,18,22). The van der Waals surface area contributed by atoms with Crippen LogP contribution in [0.4, 0.5) is 5.82 Å². The quantitative estimate of drug-likeness (QED) is 0.793. The van der Waals surface area contributed by atoms with Crippen molar-refractivity contribution in [2.75, 3.05) is 57.8 Å². The van der Waals surface area contributed by atoms with Gasteiger partial charge in [-0.3, -0.25) is 14.5 Å². The molecule has 0 unspecified atom stereocenters. The summed E-state index contributed by atoms with van der Waals surface area (Å²) < 4.78 is 5.03. The van der Waals surface area contributed by atoms with Crippen molar-refractivity contribution in [2.24, 2.45) is 0 Å². The van der Waals surface area contributed by atoms with Crippen molar-refractivity contribution in [1.29, 1.82) is 0 Å². The molecule has 0 saturated carbocycles. The highest BCUT2D eigenvalue weighted by molar-refractivity contribution is 5.78.